The average Bonchev–Trinajstić information content (AvgIpc) is 2.83. The maximum atomic E-state index is 12.8. The lowest BCUT2D eigenvalue weighted by molar-refractivity contribution is 0.245. The van der Waals surface area contributed by atoms with Gasteiger partial charge < -0.3 is 16.0 Å². The Kier molecular flexibility index (Phi) is 6.87. The average molecular weight is 465 g/mol. The van der Waals surface area contributed by atoms with Gasteiger partial charge in [-0.1, -0.05) is 79.4 Å². The number of hydrogen-bond donors (Lipinski definition) is 3. The number of carbonyl (C=O) groups is 1. The van der Waals surface area contributed by atoms with E-state index >= 15 is 0 Å². The number of nitrogens with one attached hydrogen (secondary N) is 3. The highest BCUT2D eigenvalue weighted by molar-refractivity contribution is 5.92. The zero-order valence-electron chi connectivity index (χ0n) is 20.8. The first-order valence-electron chi connectivity index (χ1n) is 11.8. The van der Waals surface area contributed by atoms with Gasteiger partial charge in [0.05, 0.1) is 5.54 Å². The van der Waals surface area contributed by atoms with Crippen molar-refractivity contribution >= 4 is 28.3 Å². The summed E-state index contributed by atoms with van der Waals surface area (Å²) in [7, 11) is 0. The van der Waals surface area contributed by atoms with Crippen molar-refractivity contribution in [3.05, 3.63) is 114 Å². The summed E-state index contributed by atoms with van der Waals surface area (Å²) in [6.07, 6.45) is 0.728. The molecule has 0 aliphatic carbocycles. The Morgan fingerprint density at radius 1 is 0.857 bits per heavy atom. The van der Waals surface area contributed by atoms with Gasteiger partial charge in [0.2, 0.25) is 0 Å². The molecule has 0 unspecified atom stereocenters. The van der Waals surface area contributed by atoms with Gasteiger partial charge in [0.25, 0.3) is 0 Å². The fourth-order valence-electron chi connectivity index (χ4n) is 4.09. The SMILES string of the molecule is C=C(Nc1nc(C)c2ccccc2c1Cc1ccccc1)C(C)(C)NC(=O)Nc1ccccc1C. The van der Waals surface area contributed by atoms with Gasteiger partial charge in [0.15, 0.2) is 0 Å². The van der Waals surface area contributed by atoms with Crippen LogP contribution in [0.1, 0.15) is 36.2 Å². The van der Waals surface area contributed by atoms with Crippen molar-refractivity contribution in [2.24, 2.45) is 0 Å². The molecule has 0 bridgehead atoms. The lowest BCUT2D eigenvalue weighted by Crippen LogP contribution is -2.48. The van der Waals surface area contributed by atoms with Crippen molar-refractivity contribution in [3.63, 3.8) is 0 Å². The van der Waals surface area contributed by atoms with Crippen LogP contribution in [0, 0.1) is 13.8 Å². The third-order valence-corrected chi connectivity index (χ3v) is 6.27. The summed E-state index contributed by atoms with van der Waals surface area (Å²) >= 11 is 0. The summed E-state index contributed by atoms with van der Waals surface area (Å²) in [5, 5.41) is 11.7. The van der Waals surface area contributed by atoms with E-state index in [1.807, 2.05) is 76.2 Å². The van der Waals surface area contributed by atoms with Crippen LogP contribution in [0.2, 0.25) is 0 Å². The first kappa shape index (κ1) is 24.0. The molecule has 1 heterocycles. The number of para-hydroxylation sites is 1. The first-order chi connectivity index (χ1) is 16.7. The largest absolute Gasteiger partial charge is 0.342 e. The van der Waals surface area contributed by atoms with E-state index in [9.17, 15) is 4.79 Å². The molecule has 0 aliphatic rings. The molecule has 0 saturated heterocycles. The van der Waals surface area contributed by atoms with Gasteiger partial charge >= 0.3 is 6.03 Å². The van der Waals surface area contributed by atoms with E-state index in [1.165, 1.54) is 5.56 Å². The highest BCUT2D eigenvalue weighted by atomic mass is 16.2. The number of hydrogen-bond acceptors (Lipinski definition) is 3. The van der Waals surface area contributed by atoms with Gasteiger partial charge in [-0.15, -0.1) is 0 Å². The van der Waals surface area contributed by atoms with Gasteiger partial charge in [-0.05, 0) is 50.3 Å². The second-order valence-electron chi connectivity index (χ2n) is 9.35. The number of benzene rings is 3. The van der Waals surface area contributed by atoms with Crippen molar-refractivity contribution in [1.82, 2.24) is 10.3 Å². The molecule has 3 N–H and O–H groups in total. The third-order valence-electron chi connectivity index (χ3n) is 6.27. The topological polar surface area (TPSA) is 66.0 Å². The van der Waals surface area contributed by atoms with Crippen molar-refractivity contribution in [1.29, 1.82) is 0 Å². The molecule has 35 heavy (non-hydrogen) atoms. The normalized spacial score (nSPS) is 11.2. The maximum absolute atomic E-state index is 12.8. The summed E-state index contributed by atoms with van der Waals surface area (Å²) in [5.74, 6) is 0.754. The zero-order valence-corrected chi connectivity index (χ0v) is 20.8. The van der Waals surface area contributed by atoms with Gasteiger partial charge in [0, 0.05) is 34.4 Å². The number of aryl methyl sites for hydroxylation is 2. The Hall–Kier alpha value is -4.12. The number of fused-ring (bicyclic) bond motifs is 1. The molecule has 1 aromatic heterocycles. The Morgan fingerprint density at radius 2 is 1.49 bits per heavy atom. The van der Waals surface area contributed by atoms with Crippen LogP contribution in [0.25, 0.3) is 10.8 Å². The van der Waals surface area contributed by atoms with E-state index in [-0.39, 0.29) is 6.03 Å². The molecule has 4 aromatic rings. The van der Waals surface area contributed by atoms with Crippen LogP contribution in [0.3, 0.4) is 0 Å². The van der Waals surface area contributed by atoms with Gasteiger partial charge in [0.1, 0.15) is 5.82 Å². The lowest BCUT2D eigenvalue weighted by atomic mass is 9.97. The van der Waals surface area contributed by atoms with Crippen molar-refractivity contribution in [3.8, 4) is 0 Å². The van der Waals surface area contributed by atoms with Crippen LogP contribution >= 0.6 is 0 Å². The number of carbonyl (C=O) groups excluding carboxylic acids is 1. The Morgan fingerprint density at radius 3 is 2.20 bits per heavy atom. The molecule has 0 radical (unpaired) electrons. The van der Waals surface area contributed by atoms with E-state index in [0.717, 1.165) is 45.5 Å². The molecular weight excluding hydrogens is 432 g/mol. The molecule has 5 nitrogen and oxygen atoms in total. The minimum absolute atomic E-state index is 0.292. The second-order valence-corrected chi connectivity index (χ2v) is 9.35. The molecule has 5 heteroatoms. The van der Waals surface area contributed by atoms with Gasteiger partial charge in [-0.3, -0.25) is 0 Å². The molecule has 0 fully saturated rings. The number of anilines is 2. The van der Waals surface area contributed by atoms with Crippen molar-refractivity contribution < 1.29 is 4.79 Å². The maximum Gasteiger partial charge on any atom is 0.319 e. The highest BCUT2D eigenvalue weighted by Crippen LogP contribution is 2.31. The van der Waals surface area contributed by atoms with Crippen LogP contribution in [0.15, 0.2) is 91.1 Å². The van der Waals surface area contributed by atoms with E-state index in [0.29, 0.717) is 5.70 Å². The van der Waals surface area contributed by atoms with E-state index in [4.69, 9.17) is 4.98 Å². The summed E-state index contributed by atoms with van der Waals surface area (Å²) in [4.78, 5) is 17.7. The molecule has 0 spiro atoms. The standard InChI is InChI=1S/C30H32N4O/c1-20-13-9-12-18-27(20)33-29(35)34-30(4,5)22(3)32-28-26(19-23-14-7-6-8-15-23)25-17-11-10-16-24(25)21(2)31-28/h6-18H,3,19H2,1-2,4-5H3,(H,31,32)(H2,33,34,35). The predicted octanol–water partition coefficient (Wildman–Crippen LogP) is 6.97. The molecule has 0 aliphatic heterocycles. The molecule has 4 rings (SSSR count). The van der Waals surface area contributed by atoms with E-state index in [2.05, 4.69) is 52.9 Å². The zero-order chi connectivity index (χ0) is 25.0. The van der Waals surface area contributed by atoms with Crippen molar-refractivity contribution in [2.75, 3.05) is 10.6 Å². The monoisotopic (exact) mass is 464 g/mol. The molecule has 3 aromatic carbocycles. The van der Waals surface area contributed by atoms with Crippen LogP contribution < -0.4 is 16.0 Å². The lowest BCUT2D eigenvalue weighted by Gasteiger charge is -2.30. The summed E-state index contributed by atoms with van der Waals surface area (Å²) < 4.78 is 0. The molecular formula is C30H32N4O. The number of pyridine rings is 1. The fraction of sp³-hybridized carbons (Fsp3) is 0.200. The minimum Gasteiger partial charge on any atom is -0.342 e. The highest BCUT2D eigenvalue weighted by Gasteiger charge is 2.26. The number of rotatable bonds is 7. The van der Waals surface area contributed by atoms with Crippen LogP contribution in [0.4, 0.5) is 16.3 Å². The summed E-state index contributed by atoms with van der Waals surface area (Å²) in [6.45, 7) is 12.1. The smallest absolute Gasteiger partial charge is 0.319 e. The van der Waals surface area contributed by atoms with Gasteiger partial charge in [-0.2, -0.15) is 0 Å². The minimum atomic E-state index is -0.738. The van der Waals surface area contributed by atoms with Crippen molar-refractivity contribution in [2.45, 2.75) is 39.7 Å². The molecule has 0 saturated carbocycles. The van der Waals surface area contributed by atoms with E-state index in [1.54, 1.807) is 0 Å². The summed E-state index contributed by atoms with van der Waals surface area (Å²) in [5.41, 5.74) is 4.92. The Labute approximate surface area is 207 Å². The number of amides is 2. The number of nitrogens with zero attached hydrogens (tertiary/aromatic N) is 1. The van der Waals surface area contributed by atoms with Gasteiger partial charge in [-0.25, -0.2) is 9.78 Å². The predicted molar refractivity (Wildman–Crippen MR) is 146 cm³/mol. The fourth-order valence-corrected chi connectivity index (χ4v) is 4.09. The second kappa shape index (κ2) is 10.0. The van der Waals surface area contributed by atoms with E-state index < -0.39 is 5.54 Å². The number of urea groups is 1. The van der Waals surface area contributed by atoms with Crippen LogP contribution in [-0.2, 0) is 6.42 Å². The molecule has 0 atom stereocenters. The van der Waals surface area contributed by atoms with Crippen LogP contribution in [-0.4, -0.2) is 16.6 Å². The summed E-state index contributed by atoms with van der Waals surface area (Å²) in [6, 6.07) is 26.1. The molecule has 178 valence electrons. The Balaban J connectivity index is 1.60. The van der Waals surface area contributed by atoms with Crippen LogP contribution in [0.5, 0.6) is 0 Å². The third kappa shape index (κ3) is 5.52. The quantitative estimate of drug-likeness (QED) is 0.277. The molecule has 2 amide bonds. The number of aromatic nitrogens is 1. The Bertz CT molecular complexity index is 1380. The first-order valence-corrected chi connectivity index (χ1v) is 11.8.